The summed E-state index contributed by atoms with van der Waals surface area (Å²) in [6.45, 7) is 10.8. The highest BCUT2D eigenvalue weighted by Crippen LogP contribution is 2.19. The summed E-state index contributed by atoms with van der Waals surface area (Å²) in [5, 5.41) is 7.15. The van der Waals surface area contributed by atoms with Crippen LogP contribution in [-0.4, -0.2) is 15.2 Å². The maximum Gasteiger partial charge on any atom is 0.153 e. The smallest absolute Gasteiger partial charge is 0.153 e. The topological polar surface area (TPSA) is 41.6 Å². The fourth-order valence-electron chi connectivity index (χ4n) is 1.15. The van der Waals surface area contributed by atoms with E-state index in [1.165, 1.54) is 0 Å². The van der Waals surface area contributed by atoms with Crippen LogP contribution in [0.5, 0.6) is 0 Å². The second-order valence-electron chi connectivity index (χ2n) is 5.03. The van der Waals surface area contributed by atoms with Crippen LogP contribution in [-0.2, 0) is 6.42 Å². The molecule has 0 aliphatic heterocycles. The van der Waals surface area contributed by atoms with E-state index in [1.54, 1.807) is 0 Å². The Morgan fingerprint density at radius 3 is 2.31 bits per heavy atom. The van der Waals surface area contributed by atoms with Gasteiger partial charge in [-0.2, -0.15) is 5.10 Å². The molecule has 0 fully saturated rings. The highest BCUT2D eigenvalue weighted by Gasteiger charge is 2.15. The van der Waals surface area contributed by atoms with E-state index in [2.05, 4.69) is 49.8 Å². The van der Waals surface area contributed by atoms with Crippen molar-refractivity contribution >= 4 is 0 Å². The molecule has 1 heterocycles. The normalized spacial score (nSPS) is 12.5. The largest absolute Gasteiger partial charge is 0.263 e. The second-order valence-corrected chi connectivity index (χ2v) is 5.03. The molecular weight excluding hydrogens is 162 g/mol. The molecule has 0 saturated heterocycles. The first-order valence-corrected chi connectivity index (χ1v) is 4.79. The molecule has 0 amide bonds. The Labute approximate surface area is 80.0 Å². The average molecular weight is 181 g/mol. The van der Waals surface area contributed by atoms with Gasteiger partial charge in [-0.1, -0.05) is 34.6 Å². The number of hydrogen-bond acceptors (Lipinski definition) is 2. The van der Waals surface area contributed by atoms with Gasteiger partial charge >= 0.3 is 0 Å². The molecule has 1 rings (SSSR count). The van der Waals surface area contributed by atoms with Crippen molar-refractivity contribution in [3.05, 3.63) is 11.6 Å². The first-order chi connectivity index (χ1) is 5.88. The first kappa shape index (κ1) is 10.2. The lowest BCUT2D eigenvalue weighted by atomic mass is 9.92. The Kier molecular flexibility index (Phi) is 2.74. The lowest BCUT2D eigenvalue weighted by Crippen LogP contribution is -2.10. The Bertz CT molecular complexity index is 268. The Hall–Kier alpha value is -0.860. The SMILES string of the molecule is CC(C)c1n[nH]c(CC(C)(C)C)n1. The monoisotopic (exact) mass is 181 g/mol. The minimum Gasteiger partial charge on any atom is -0.263 e. The van der Waals surface area contributed by atoms with Gasteiger partial charge in [-0.3, -0.25) is 5.10 Å². The van der Waals surface area contributed by atoms with Crippen LogP contribution in [0.4, 0.5) is 0 Å². The van der Waals surface area contributed by atoms with E-state index in [0.717, 1.165) is 18.1 Å². The quantitative estimate of drug-likeness (QED) is 0.761. The summed E-state index contributed by atoms with van der Waals surface area (Å²) in [5.74, 6) is 2.32. The second kappa shape index (κ2) is 3.48. The molecule has 0 saturated carbocycles. The number of rotatable bonds is 2. The molecule has 3 nitrogen and oxygen atoms in total. The number of aromatic amines is 1. The van der Waals surface area contributed by atoms with Gasteiger partial charge in [0.05, 0.1) is 0 Å². The Morgan fingerprint density at radius 1 is 1.31 bits per heavy atom. The van der Waals surface area contributed by atoms with Crippen LogP contribution in [0.15, 0.2) is 0 Å². The van der Waals surface area contributed by atoms with E-state index in [0.29, 0.717) is 5.92 Å². The molecule has 0 unspecified atom stereocenters. The van der Waals surface area contributed by atoms with Gasteiger partial charge in [0.25, 0.3) is 0 Å². The summed E-state index contributed by atoms with van der Waals surface area (Å²) >= 11 is 0. The molecule has 1 aromatic heterocycles. The van der Waals surface area contributed by atoms with Gasteiger partial charge in [-0.25, -0.2) is 4.98 Å². The van der Waals surface area contributed by atoms with Crippen molar-refractivity contribution < 1.29 is 0 Å². The third-order valence-corrected chi connectivity index (χ3v) is 1.76. The van der Waals surface area contributed by atoms with Crippen LogP contribution in [0.3, 0.4) is 0 Å². The van der Waals surface area contributed by atoms with Gasteiger partial charge in [0.15, 0.2) is 5.82 Å². The number of hydrogen-bond donors (Lipinski definition) is 1. The zero-order chi connectivity index (χ0) is 10.1. The highest BCUT2D eigenvalue weighted by molar-refractivity contribution is 4.96. The predicted molar refractivity (Wildman–Crippen MR) is 53.6 cm³/mol. The molecule has 0 radical (unpaired) electrons. The average Bonchev–Trinajstić information content (AvgIpc) is 2.31. The van der Waals surface area contributed by atoms with E-state index in [4.69, 9.17) is 0 Å². The summed E-state index contributed by atoms with van der Waals surface area (Å²) in [6, 6.07) is 0. The molecular formula is C10H19N3. The maximum absolute atomic E-state index is 4.43. The summed E-state index contributed by atoms with van der Waals surface area (Å²) < 4.78 is 0. The third-order valence-electron chi connectivity index (χ3n) is 1.76. The van der Waals surface area contributed by atoms with Gasteiger partial charge in [-0.05, 0) is 5.41 Å². The lowest BCUT2D eigenvalue weighted by Gasteiger charge is -2.15. The van der Waals surface area contributed by atoms with Gasteiger partial charge < -0.3 is 0 Å². The number of nitrogens with one attached hydrogen (secondary N) is 1. The summed E-state index contributed by atoms with van der Waals surface area (Å²) in [5.41, 5.74) is 0.272. The van der Waals surface area contributed by atoms with Gasteiger partial charge in [-0.15, -0.1) is 0 Å². The minimum absolute atomic E-state index is 0.272. The van der Waals surface area contributed by atoms with Crippen molar-refractivity contribution in [3.63, 3.8) is 0 Å². The highest BCUT2D eigenvalue weighted by atomic mass is 15.2. The van der Waals surface area contributed by atoms with Gasteiger partial charge in [0.1, 0.15) is 5.82 Å². The summed E-state index contributed by atoms with van der Waals surface area (Å²) in [6.07, 6.45) is 0.951. The van der Waals surface area contributed by atoms with E-state index < -0.39 is 0 Å². The molecule has 0 aromatic carbocycles. The number of H-pyrrole nitrogens is 1. The fourth-order valence-corrected chi connectivity index (χ4v) is 1.15. The number of nitrogens with zero attached hydrogens (tertiary/aromatic N) is 2. The van der Waals surface area contributed by atoms with E-state index in [1.807, 2.05) is 0 Å². The predicted octanol–water partition coefficient (Wildman–Crippen LogP) is 2.52. The molecule has 0 aliphatic rings. The zero-order valence-electron chi connectivity index (χ0n) is 9.18. The van der Waals surface area contributed by atoms with Gasteiger partial charge in [0.2, 0.25) is 0 Å². The van der Waals surface area contributed by atoms with Crippen LogP contribution >= 0.6 is 0 Å². The van der Waals surface area contributed by atoms with Crippen molar-refractivity contribution in [2.75, 3.05) is 0 Å². The fraction of sp³-hybridized carbons (Fsp3) is 0.800. The van der Waals surface area contributed by atoms with Crippen molar-refractivity contribution in [1.29, 1.82) is 0 Å². The van der Waals surface area contributed by atoms with Crippen molar-refractivity contribution in [3.8, 4) is 0 Å². The summed E-state index contributed by atoms with van der Waals surface area (Å²) in [7, 11) is 0. The molecule has 0 aliphatic carbocycles. The Morgan fingerprint density at radius 2 is 1.92 bits per heavy atom. The molecule has 1 aromatic rings. The van der Waals surface area contributed by atoms with Crippen LogP contribution in [0.1, 0.15) is 52.2 Å². The van der Waals surface area contributed by atoms with Crippen LogP contribution in [0.2, 0.25) is 0 Å². The molecule has 1 N–H and O–H groups in total. The lowest BCUT2D eigenvalue weighted by molar-refractivity contribution is 0.401. The standard InChI is InChI=1S/C10H19N3/c1-7(2)9-11-8(12-13-9)6-10(3,4)5/h7H,6H2,1-5H3,(H,11,12,13). The number of aromatic nitrogens is 3. The first-order valence-electron chi connectivity index (χ1n) is 4.79. The van der Waals surface area contributed by atoms with E-state index >= 15 is 0 Å². The van der Waals surface area contributed by atoms with Gasteiger partial charge in [0, 0.05) is 12.3 Å². The Balaban J connectivity index is 2.70. The minimum atomic E-state index is 0.272. The van der Waals surface area contributed by atoms with Crippen molar-refractivity contribution in [2.24, 2.45) is 5.41 Å². The zero-order valence-corrected chi connectivity index (χ0v) is 9.18. The van der Waals surface area contributed by atoms with E-state index in [9.17, 15) is 0 Å². The maximum atomic E-state index is 4.43. The molecule has 0 atom stereocenters. The van der Waals surface area contributed by atoms with Crippen molar-refractivity contribution in [1.82, 2.24) is 15.2 Å². The van der Waals surface area contributed by atoms with Crippen LogP contribution in [0.25, 0.3) is 0 Å². The molecule has 3 heteroatoms. The van der Waals surface area contributed by atoms with Crippen LogP contribution in [0, 0.1) is 5.41 Å². The van der Waals surface area contributed by atoms with E-state index in [-0.39, 0.29) is 5.41 Å². The summed E-state index contributed by atoms with van der Waals surface area (Å²) in [4.78, 5) is 4.43. The molecule has 0 bridgehead atoms. The van der Waals surface area contributed by atoms with Crippen LogP contribution < -0.4 is 0 Å². The molecule has 74 valence electrons. The molecule has 13 heavy (non-hydrogen) atoms. The van der Waals surface area contributed by atoms with Crippen molar-refractivity contribution in [2.45, 2.75) is 47.0 Å². The third kappa shape index (κ3) is 3.17. The molecule has 0 spiro atoms.